The predicted octanol–water partition coefficient (Wildman–Crippen LogP) is 4.15. The molecular formula is C13H13ClN2S. The van der Waals surface area contributed by atoms with Crippen LogP contribution in [0.4, 0.5) is 0 Å². The molecule has 0 spiro atoms. The van der Waals surface area contributed by atoms with Crippen molar-refractivity contribution in [1.82, 2.24) is 9.97 Å². The minimum Gasteiger partial charge on any atom is -0.226 e. The van der Waals surface area contributed by atoms with Crippen LogP contribution in [0.25, 0.3) is 0 Å². The molecule has 0 saturated heterocycles. The van der Waals surface area contributed by atoms with Crippen LogP contribution in [0.3, 0.4) is 0 Å². The summed E-state index contributed by atoms with van der Waals surface area (Å²) in [5, 5.41) is 1.40. The van der Waals surface area contributed by atoms with Crippen LogP contribution in [0, 0.1) is 6.92 Å². The van der Waals surface area contributed by atoms with Crippen LogP contribution in [0.1, 0.15) is 18.3 Å². The van der Waals surface area contributed by atoms with E-state index in [1.807, 2.05) is 13.0 Å². The Morgan fingerprint density at radius 3 is 2.76 bits per heavy atom. The minimum atomic E-state index is 0.506. The van der Waals surface area contributed by atoms with Gasteiger partial charge in [-0.05, 0) is 19.1 Å². The number of aromatic nitrogens is 2. The lowest BCUT2D eigenvalue weighted by atomic mass is 10.2. The van der Waals surface area contributed by atoms with Gasteiger partial charge in [0.15, 0.2) is 0 Å². The maximum Gasteiger partial charge on any atom is 0.133 e. The monoisotopic (exact) mass is 264 g/mol. The third-order valence-electron chi connectivity index (χ3n) is 2.25. The second-order valence-electron chi connectivity index (χ2n) is 3.72. The first-order chi connectivity index (χ1) is 8.17. The van der Waals surface area contributed by atoms with Crippen LogP contribution in [0.5, 0.6) is 0 Å². The molecule has 0 N–H and O–H groups in total. The van der Waals surface area contributed by atoms with Gasteiger partial charge in [-0.1, -0.05) is 48.0 Å². The minimum absolute atomic E-state index is 0.506. The lowest BCUT2D eigenvalue weighted by molar-refractivity contribution is 0.889. The maximum atomic E-state index is 5.96. The molecule has 0 saturated carbocycles. The summed E-state index contributed by atoms with van der Waals surface area (Å²) in [4.78, 5) is 9.77. The second kappa shape index (κ2) is 5.52. The van der Waals surface area contributed by atoms with Gasteiger partial charge in [-0.3, -0.25) is 0 Å². The molecule has 1 aromatic carbocycles. The van der Waals surface area contributed by atoms with E-state index in [0.717, 1.165) is 17.3 Å². The molecule has 0 aliphatic carbocycles. The average molecular weight is 265 g/mol. The predicted molar refractivity (Wildman–Crippen MR) is 71.7 cm³/mol. The van der Waals surface area contributed by atoms with Crippen molar-refractivity contribution in [1.29, 1.82) is 0 Å². The maximum absolute atomic E-state index is 5.96. The van der Waals surface area contributed by atoms with Crippen molar-refractivity contribution < 1.29 is 0 Å². The number of benzene rings is 1. The van der Waals surface area contributed by atoms with E-state index >= 15 is 0 Å². The molecule has 17 heavy (non-hydrogen) atoms. The number of hydrogen-bond acceptors (Lipinski definition) is 3. The Kier molecular flexibility index (Phi) is 4.02. The van der Waals surface area contributed by atoms with Crippen LogP contribution >= 0.6 is 23.4 Å². The molecule has 2 nitrogen and oxygen atoms in total. The third-order valence-corrected chi connectivity index (χ3v) is 3.35. The Labute approximate surface area is 110 Å². The molecule has 2 rings (SSSR count). The number of hydrogen-bond donors (Lipinski definition) is 0. The SMILES string of the molecule is CCc1nc(Cl)cc(Sc2cccc(C)c2)n1. The molecule has 0 amide bonds. The van der Waals surface area contributed by atoms with Gasteiger partial charge in [-0.2, -0.15) is 0 Å². The van der Waals surface area contributed by atoms with Gasteiger partial charge in [-0.25, -0.2) is 9.97 Å². The summed E-state index contributed by atoms with van der Waals surface area (Å²) in [5.74, 6) is 0.785. The number of nitrogens with zero attached hydrogens (tertiary/aromatic N) is 2. The first-order valence-corrected chi connectivity index (χ1v) is 6.65. The number of rotatable bonds is 3. The fraction of sp³-hybridized carbons (Fsp3) is 0.231. The lowest BCUT2D eigenvalue weighted by Gasteiger charge is -2.04. The molecule has 0 fully saturated rings. The van der Waals surface area contributed by atoms with Gasteiger partial charge in [0.2, 0.25) is 0 Å². The normalized spacial score (nSPS) is 10.5. The Balaban J connectivity index is 2.26. The van der Waals surface area contributed by atoms with Crippen LogP contribution in [-0.4, -0.2) is 9.97 Å². The summed E-state index contributed by atoms with van der Waals surface area (Å²) in [5.41, 5.74) is 1.24. The second-order valence-corrected chi connectivity index (χ2v) is 5.20. The molecule has 2 aromatic rings. The van der Waals surface area contributed by atoms with E-state index in [1.165, 1.54) is 10.5 Å². The Morgan fingerprint density at radius 2 is 2.06 bits per heavy atom. The van der Waals surface area contributed by atoms with Gasteiger partial charge in [0.05, 0.1) is 0 Å². The smallest absolute Gasteiger partial charge is 0.133 e. The Bertz CT molecular complexity index is 529. The van der Waals surface area contributed by atoms with Crippen molar-refractivity contribution in [2.75, 3.05) is 0 Å². The molecule has 0 aliphatic rings. The number of aryl methyl sites for hydroxylation is 2. The highest BCUT2D eigenvalue weighted by atomic mass is 35.5. The van der Waals surface area contributed by atoms with Crippen molar-refractivity contribution in [3.8, 4) is 0 Å². The molecule has 1 aromatic heterocycles. The lowest BCUT2D eigenvalue weighted by Crippen LogP contribution is -1.94. The zero-order valence-electron chi connectivity index (χ0n) is 9.77. The highest BCUT2D eigenvalue weighted by Gasteiger charge is 2.04. The van der Waals surface area contributed by atoms with Crippen molar-refractivity contribution >= 4 is 23.4 Å². The van der Waals surface area contributed by atoms with E-state index in [2.05, 4.69) is 35.1 Å². The molecule has 0 aliphatic heterocycles. The van der Waals surface area contributed by atoms with Gasteiger partial charge in [0.1, 0.15) is 16.0 Å². The molecule has 0 unspecified atom stereocenters. The molecular weight excluding hydrogens is 252 g/mol. The van der Waals surface area contributed by atoms with Gasteiger partial charge < -0.3 is 0 Å². The van der Waals surface area contributed by atoms with Gasteiger partial charge in [-0.15, -0.1) is 0 Å². The van der Waals surface area contributed by atoms with Gasteiger partial charge in [0, 0.05) is 17.4 Å². The summed E-state index contributed by atoms with van der Waals surface area (Å²) in [6.07, 6.45) is 0.794. The Hall–Kier alpha value is -1.06. The standard InChI is InChI=1S/C13H13ClN2S/c1-3-12-15-11(14)8-13(16-12)17-10-6-4-5-9(2)7-10/h4-8H,3H2,1-2H3. The van der Waals surface area contributed by atoms with Crippen LogP contribution in [0.15, 0.2) is 40.3 Å². The van der Waals surface area contributed by atoms with Crippen molar-refractivity contribution in [2.24, 2.45) is 0 Å². The zero-order valence-corrected chi connectivity index (χ0v) is 11.3. The molecule has 4 heteroatoms. The van der Waals surface area contributed by atoms with Crippen molar-refractivity contribution in [3.05, 3.63) is 46.9 Å². The third kappa shape index (κ3) is 3.45. The van der Waals surface area contributed by atoms with E-state index in [-0.39, 0.29) is 0 Å². The van der Waals surface area contributed by atoms with E-state index in [0.29, 0.717) is 5.15 Å². The summed E-state index contributed by atoms with van der Waals surface area (Å²) in [6.45, 7) is 4.10. The fourth-order valence-corrected chi connectivity index (χ4v) is 2.67. The summed E-state index contributed by atoms with van der Waals surface area (Å²) < 4.78 is 0. The van der Waals surface area contributed by atoms with Gasteiger partial charge in [0.25, 0.3) is 0 Å². The highest BCUT2D eigenvalue weighted by Crippen LogP contribution is 2.27. The van der Waals surface area contributed by atoms with Gasteiger partial charge >= 0.3 is 0 Å². The van der Waals surface area contributed by atoms with Crippen molar-refractivity contribution in [3.63, 3.8) is 0 Å². The Morgan fingerprint density at radius 1 is 1.24 bits per heavy atom. The summed E-state index contributed by atoms with van der Waals surface area (Å²) in [7, 11) is 0. The van der Waals surface area contributed by atoms with E-state index in [1.54, 1.807) is 17.8 Å². The average Bonchev–Trinajstić information content (AvgIpc) is 2.28. The largest absolute Gasteiger partial charge is 0.226 e. The van der Waals surface area contributed by atoms with E-state index in [9.17, 15) is 0 Å². The van der Waals surface area contributed by atoms with Crippen LogP contribution in [0.2, 0.25) is 5.15 Å². The summed E-state index contributed by atoms with van der Waals surface area (Å²) in [6, 6.07) is 10.1. The van der Waals surface area contributed by atoms with E-state index < -0.39 is 0 Å². The quantitative estimate of drug-likeness (QED) is 0.779. The van der Waals surface area contributed by atoms with Crippen LogP contribution < -0.4 is 0 Å². The topological polar surface area (TPSA) is 25.8 Å². The molecule has 1 heterocycles. The molecule has 0 radical (unpaired) electrons. The molecule has 0 bridgehead atoms. The first-order valence-electron chi connectivity index (χ1n) is 5.45. The molecule has 0 atom stereocenters. The fourth-order valence-electron chi connectivity index (χ4n) is 1.45. The van der Waals surface area contributed by atoms with E-state index in [4.69, 9.17) is 11.6 Å². The number of halogens is 1. The first kappa shape index (κ1) is 12.4. The summed E-state index contributed by atoms with van der Waals surface area (Å²) >= 11 is 7.57. The highest BCUT2D eigenvalue weighted by molar-refractivity contribution is 7.99. The van der Waals surface area contributed by atoms with Crippen LogP contribution in [-0.2, 0) is 6.42 Å². The molecule has 88 valence electrons. The van der Waals surface area contributed by atoms with Crippen molar-refractivity contribution in [2.45, 2.75) is 30.2 Å². The zero-order chi connectivity index (χ0) is 12.3.